The molecule has 3 heteroatoms. The van der Waals surface area contributed by atoms with Crippen LogP contribution in [0.5, 0.6) is 0 Å². The summed E-state index contributed by atoms with van der Waals surface area (Å²) < 4.78 is 0. The lowest BCUT2D eigenvalue weighted by atomic mass is 10.2. The van der Waals surface area contributed by atoms with Crippen LogP contribution in [0.25, 0.3) is 0 Å². The van der Waals surface area contributed by atoms with E-state index in [-0.39, 0.29) is 10.9 Å². The number of rotatable bonds is 4. The number of hydrogen-bond acceptors (Lipinski definition) is 1. The third kappa shape index (κ3) is 4.34. The number of aliphatic hydroxyl groups excluding tert-OH is 1. The zero-order valence-electron chi connectivity index (χ0n) is 5.48. The molecule has 0 saturated heterocycles. The normalized spacial score (nSPS) is 17.3. The van der Waals surface area contributed by atoms with Crippen molar-refractivity contribution in [1.82, 2.24) is 0 Å². The molecule has 0 radical (unpaired) electrons. The molecule has 2 atom stereocenters. The SMILES string of the molecule is CCCC(O)C(Br)CBr. The molecular weight excluding hydrogens is 248 g/mol. The smallest absolute Gasteiger partial charge is 0.0673 e. The second kappa shape index (κ2) is 5.69. The minimum absolute atomic E-state index is 0.200. The van der Waals surface area contributed by atoms with Crippen molar-refractivity contribution in [2.45, 2.75) is 30.7 Å². The van der Waals surface area contributed by atoms with Crippen LogP contribution in [0.15, 0.2) is 0 Å². The van der Waals surface area contributed by atoms with Crippen LogP contribution < -0.4 is 0 Å². The summed E-state index contributed by atoms with van der Waals surface area (Å²) in [6, 6.07) is 0. The molecule has 0 aromatic rings. The Morgan fingerprint density at radius 2 is 2.11 bits per heavy atom. The minimum atomic E-state index is -0.200. The van der Waals surface area contributed by atoms with Gasteiger partial charge < -0.3 is 5.11 Å². The van der Waals surface area contributed by atoms with E-state index in [2.05, 4.69) is 38.8 Å². The summed E-state index contributed by atoms with van der Waals surface area (Å²) in [6.07, 6.45) is 1.71. The highest BCUT2D eigenvalue weighted by Gasteiger charge is 2.12. The van der Waals surface area contributed by atoms with Crippen LogP contribution in [0, 0.1) is 0 Å². The molecule has 0 aliphatic heterocycles. The second-order valence-electron chi connectivity index (χ2n) is 2.03. The van der Waals surface area contributed by atoms with Gasteiger partial charge in [0, 0.05) is 5.33 Å². The fourth-order valence-corrected chi connectivity index (χ4v) is 1.28. The Hall–Kier alpha value is 0.920. The zero-order chi connectivity index (χ0) is 7.28. The van der Waals surface area contributed by atoms with Crippen molar-refractivity contribution >= 4 is 31.9 Å². The van der Waals surface area contributed by atoms with Gasteiger partial charge in [-0.1, -0.05) is 45.2 Å². The van der Waals surface area contributed by atoms with Gasteiger partial charge in [-0.15, -0.1) is 0 Å². The predicted octanol–water partition coefficient (Wildman–Crippen LogP) is 2.31. The lowest BCUT2D eigenvalue weighted by Gasteiger charge is -2.12. The third-order valence-corrected chi connectivity index (χ3v) is 3.65. The lowest BCUT2D eigenvalue weighted by molar-refractivity contribution is 0.168. The Bertz CT molecular complexity index is 68.1. The molecule has 0 fully saturated rings. The monoisotopic (exact) mass is 258 g/mol. The molecule has 0 aromatic heterocycles. The van der Waals surface area contributed by atoms with Gasteiger partial charge in [-0.3, -0.25) is 0 Å². The van der Waals surface area contributed by atoms with Gasteiger partial charge in [0.2, 0.25) is 0 Å². The zero-order valence-corrected chi connectivity index (χ0v) is 8.65. The van der Waals surface area contributed by atoms with Crippen molar-refractivity contribution in [2.24, 2.45) is 0 Å². The van der Waals surface area contributed by atoms with Crippen molar-refractivity contribution in [3.63, 3.8) is 0 Å². The number of aliphatic hydroxyl groups is 1. The Balaban J connectivity index is 3.32. The third-order valence-electron chi connectivity index (χ3n) is 1.15. The fourth-order valence-electron chi connectivity index (χ4n) is 0.579. The summed E-state index contributed by atoms with van der Waals surface area (Å²) in [5.41, 5.74) is 0. The molecule has 1 nitrogen and oxygen atoms in total. The van der Waals surface area contributed by atoms with Crippen LogP contribution in [0.2, 0.25) is 0 Å². The van der Waals surface area contributed by atoms with Crippen LogP contribution in [0.3, 0.4) is 0 Å². The predicted molar refractivity (Wildman–Crippen MR) is 47.4 cm³/mol. The maximum Gasteiger partial charge on any atom is 0.0673 e. The van der Waals surface area contributed by atoms with Gasteiger partial charge in [0.1, 0.15) is 0 Å². The van der Waals surface area contributed by atoms with E-state index in [1.807, 2.05) is 0 Å². The first-order valence-electron chi connectivity index (χ1n) is 3.10. The summed E-state index contributed by atoms with van der Waals surface area (Å²) in [4.78, 5) is 0.206. The van der Waals surface area contributed by atoms with Gasteiger partial charge in [-0.25, -0.2) is 0 Å². The minimum Gasteiger partial charge on any atom is -0.392 e. The van der Waals surface area contributed by atoms with E-state index in [1.54, 1.807) is 0 Å². The van der Waals surface area contributed by atoms with Gasteiger partial charge in [-0.05, 0) is 6.42 Å². The van der Waals surface area contributed by atoms with Crippen molar-refractivity contribution in [3.8, 4) is 0 Å². The molecule has 0 heterocycles. The van der Waals surface area contributed by atoms with Gasteiger partial charge in [0.15, 0.2) is 0 Å². The quantitative estimate of drug-likeness (QED) is 0.769. The first kappa shape index (κ1) is 9.92. The molecule has 0 rings (SSSR count). The van der Waals surface area contributed by atoms with Crippen LogP contribution in [-0.2, 0) is 0 Å². The highest BCUT2D eigenvalue weighted by Crippen LogP contribution is 2.12. The summed E-state index contributed by atoms with van der Waals surface area (Å²) in [6.45, 7) is 2.07. The van der Waals surface area contributed by atoms with Crippen molar-refractivity contribution in [2.75, 3.05) is 5.33 Å². The lowest BCUT2D eigenvalue weighted by Crippen LogP contribution is -2.20. The van der Waals surface area contributed by atoms with E-state index < -0.39 is 0 Å². The van der Waals surface area contributed by atoms with Gasteiger partial charge in [0.05, 0.1) is 10.9 Å². The van der Waals surface area contributed by atoms with Gasteiger partial charge >= 0.3 is 0 Å². The van der Waals surface area contributed by atoms with Crippen LogP contribution >= 0.6 is 31.9 Å². The molecule has 0 bridgehead atoms. The number of alkyl halides is 2. The summed E-state index contributed by atoms with van der Waals surface area (Å²) in [7, 11) is 0. The largest absolute Gasteiger partial charge is 0.392 e. The standard InChI is InChI=1S/C6H12Br2O/c1-2-3-6(9)5(8)4-7/h5-6,9H,2-4H2,1H3. The van der Waals surface area contributed by atoms with E-state index in [0.717, 1.165) is 18.2 Å². The van der Waals surface area contributed by atoms with E-state index in [9.17, 15) is 5.11 Å². The Morgan fingerprint density at radius 1 is 1.56 bits per heavy atom. The molecule has 0 spiro atoms. The topological polar surface area (TPSA) is 20.2 Å². The van der Waals surface area contributed by atoms with E-state index in [1.165, 1.54) is 0 Å². The summed E-state index contributed by atoms with van der Waals surface area (Å²) in [5.74, 6) is 0. The van der Waals surface area contributed by atoms with Gasteiger partial charge in [0.25, 0.3) is 0 Å². The Labute approximate surface area is 73.1 Å². The first-order chi connectivity index (χ1) is 4.22. The Kier molecular flexibility index (Phi) is 6.27. The summed E-state index contributed by atoms with van der Waals surface area (Å²) >= 11 is 6.62. The average molecular weight is 260 g/mol. The van der Waals surface area contributed by atoms with Crippen molar-refractivity contribution < 1.29 is 5.11 Å². The van der Waals surface area contributed by atoms with E-state index in [0.29, 0.717) is 0 Å². The molecule has 0 aromatic carbocycles. The Morgan fingerprint density at radius 3 is 2.44 bits per heavy atom. The van der Waals surface area contributed by atoms with Crippen LogP contribution in [0.1, 0.15) is 19.8 Å². The van der Waals surface area contributed by atoms with Crippen molar-refractivity contribution in [1.29, 1.82) is 0 Å². The molecule has 0 amide bonds. The average Bonchev–Trinajstić information content (AvgIpc) is 1.87. The molecule has 1 N–H and O–H groups in total. The van der Waals surface area contributed by atoms with Gasteiger partial charge in [-0.2, -0.15) is 0 Å². The van der Waals surface area contributed by atoms with Crippen LogP contribution in [0.4, 0.5) is 0 Å². The maximum absolute atomic E-state index is 9.24. The van der Waals surface area contributed by atoms with Crippen LogP contribution in [-0.4, -0.2) is 21.4 Å². The molecule has 0 aliphatic carbocycles. The van der Waals surface area contributed by atoms with E-state index >= 15 is 0 Å². The molecule has 9 heavy (non-hydrogen) atoms. The number of halogens is 2. The second-order valence-corrected chi connectivity index (χ2v) is 3.85. The van der Waals surface area contributed by atoms with E-state index in [4.69, 9.17) is 0 Å². The highest BCUT2D eigenvalue weighted by atomic mass is 79.9. The molecule has 2 unspecified atom stereocenters. The highest BCUT2D eigenvalue weighted by molar-refractivity contribution is 9.12. The maximum atomic E-state index is 9.24. The van der Waals surface area contributed by atoms with Crippen molar-refractivity contribution in [3.05, 3.63) is 0 Å². The fraction of sp³-hybridized carbons (Fsp3) is 1.00. The number of hydrogen-bond donors (Lipinski definition) is 1. The molecular formula is C6H12Br2O. The first-order valence-corrected chi connectivity index (χ1v) is 5.14. The molecule has 56 valence electrons. The summed E-state index contributed by atoms with van der Waals surface area (Å²) in [5, 5.41) is 10.1. The molecule has 0 aliphatic rings. The molecule has 0 saturated carbocycles.